The second-order valence-corrected chi connectivity index (χ2v) is 5.30. The first-order valence-electron chi connectivity index (χ1n) is 5.97. The van der Waals surface area contributed by atoms with Crippen molar-refractivity contribution in [3.05, 3.63) is 41.7 Å². The SMILES string of the molecule is CC(C)(C)n1cc(CNc2cc(F)ccc2F)nn1. The van der Waals surface area contributed by atoms with E-state index in [1.54, 1.807) is 10.9 Å². The fraction of sp³-hybridized carbons (Fsp3) is 0.385. The van der Waals surface area contributed by atoms with Gasteiger partial charge in [-0.15, -0.1) is 5.10 Å². The van der Waals surface area contributed by atoms with Crippen LogP contribution in [0.25, 0.3) is 0 Å². The van der Waals surface area contributed by atoms with Gasteiger partial charge in [0.05, 0.1) is 24.0 Å². The van der Waals surface area contributed by atoms with Crippen LogP contribution in [0.5, 0.6) is 0 Å². The maximum absolute atomic E-state index is 13.4. The molecule has 0 amide bonds. The number of hydrogen-bond acceptors (Lipinski definition) is 3. The molecule has 1 N–H and O–H groups in total. The van der Waals surface area contributed by atoms with Gasteiger partial charge in [0, 0.05) is 0 Å². The lowest BCUT2D eigenvalue weighted by Crippen LogP contribution is -2.22. The van der Waals surface area contributed by atoms with Crippen molar-refractivity contribution >= 4 is 5.69 Å². The predicted molar refractivity (Wildman–Crippen MR) is 68.7 cm³/mol. The van der Waals surface area contributed by atoms with Gasteiger partial charge in [0.1, 0.15) is 17.3 Å². The zero-order valence-electron chi connectivity index (χ0n) is 11.1. The molecular weight excluding hydrogens is 250 g/mol. The van der Waals surface area contributed by atoms with Crippen LogP contribution in [-0.2, 0) is 12.1 Å². The number of hydrogen-bond donors (Lipinski definition) is 1. The molecular formula is C13H16F2N4. The van der Waals surface area contributed by atoms with E-state index in [-0.39, 0.29) is 17.8 Å². The van der Waals surface area contributed by atoms with E-state index in [9.17, 15) is 8.78 Å². The predicted octanol–water partition coefficient (Wildman–Crippen LogP) is 2.92. The molecule has 1 aromatic heterocycles. The Morgan fingerprint density at radius 1 is 1.26 bits per heavy atom. The lowest BCUT2D eigenvalue weighted by molar-refractivity contribution is 0.347. The number of benzene rings is 1. The number of rotatable bonds is 3. The van der Waals surface area contributed by atoms with Crippen LogP contribution in [0.4, 0.5) is 14.5 Å². The monoisotopic (exact) mass is 266 g/mol. The molecule has 0 bridgehead atoms. The van der Waals surface area contributed by atoms with Gasteiger partial charge in [-0.2, -0.15) is 0 Å². The normalized spacial score (nSPS) is 11.6. The quantitative estimate of drug-likeness (QED) is 0.928. The molecule has 6 heteroatoms. The minimum absolute atomic E-state index is 0.116. The lowest BCUT2D eigenvalue weighted by atomic mass is 10.1. The van der Waals surface area contributed by atoms with Crippen molar-refractivity contribution in [1.82, 2.24) is 15.0 Å². The van der Waals surface area contributed by atoms with Crippen molar-refractivity contribution in [2.75, 3.05) is 5.32 Å². The maximum Gasteiger partial charge on any atom is 0.146 e. The molecule has 0 aliphatic rings. The zero-order valence-corrected chi connectivity index (χ0v) is 11.1. The molecule has 0 spiro atoms. The van der Waals surface area contributed by atoms with Gasteiger partial charge in [0.2, 0.25) is 0 Å². The number of aromatic nitrogens is 3. The number of nitrogens with zero attached hydrogens (tertiary/aromatic N) is 3. The summed E-state index contributed by atoms with van der Waals surface area (Å²) >= 11 is 0. The second kappa shape index (κ2) is 4.95. The first-order valence-corrected chi connectivity index (χ1v) is 5.97. The van der Waals surface area contributed by atoms with Gasteiger partial charge in [0.25, 0.3) is 0 Å². The van der Waals surface area contributed by atoms with E-state index in [4.69, 9.17) is 0 Å². The summed E-state index contributed by atoms with van der Waals surface area (Å²) in [6.45, 7) is 6.30. The van der Waals surface area contributed by atoms with E-state index in [0.717, 1.165) is 18.2 Å². The average Bonchev–Trinajstić information content (AvgIpc) is 2.79. The summed E-state index contributed by atoms with van der Waals surface area (Å²) < 4.78 is 28.1. The van der Waals surface area contributed by atoms with Crippen molar-refractivity contribution in [1.29, 1.82) is 0 Å². The van der Waals surface area contributed by atoms with E-state index in [0.29, 0.717) is 5.69 Å². The fourth-order valence-corrected chi connectivity index (χ4v) is 1.53. The maximum atomic E-state index is 13.4. The molecule has 0 radical (unpaired) electrons. The molecule has 1 heterocycles. The van der Waals surface area contributed by atoms with Crippen molar-refractivity contribution in [2.24, 2.45) is 0 Å². The van der Waals surface area contributed by atoms with Gasteiger partial charge in [-0.05, 0) is 39.0 Å². The Morgan fingerprint density at radius 3 is 2.63 bits per heavy atom. The van der Waals surface area contributed by atoms with Crippen LogP contribution >= 0.6 is 0 Å². The van der Waals surface area contributed by atoms with Gasteiger partial charge in [-0.1, -0.05) is 5.21 Å². The van der Waals surface area contributed by atoms with Gasteiger partial charge in [-0.25, -0.2) is 13.5 Å². The number of anilines is 1. The summed E-state index contributed by atoms with van der Waals surface area (Å²) in [4.78, 5) is 0. The highest BCUT2D eigenvalue weighted by molar-refractivity contribution is 5.44. The number of nitrogens with one attached hydrogen (secondary N) is 1. The second-order valence-electron chi connectivity index (χ2n) is 5.30. The zero-order chi connectivity index (χ0) is 14.0. The van der Waals surface area contributed by atoms with E-state index in [1.807, 2.05) is 20.8 Å². The molecule has 0 unspecified atom stereocenters. The molecule has 102 valence electrons. The molecule has 0 saturated heterocycles. The van der Waals surface area contributed by atoms with Gasteiger partial charge in [0.15, 0.2) is 0 Å². The minimum Gasteiger partial charge on any atom is -0.377 e. The first kappa shape index (κ1) is 13.5. The molecule has 0 saturated carbocycles. The van der Waals surface area contributed by atoms with E-state index in [1.165, 1.54) is 0 Å². The van der Waals surface area contributed by atoms with Crippen LogP contribution in [0.3, 0.4) is 0 Å². The van der Waals surface area contributed by atoms with E-state index in [2.05, 4.69) is 15.6 Å². The van der Waals surface area contributed by atoms with E-state index >= 15 is 0 Å². The van der Waals surface area contributed by atoms with Crippen molar-refractivity contribution in [2.45, 2.75) is 32.9 Å². The topological polar surface area (TPSA) is 42.7 Å². The van der Waals surface area contributed by atoms with Crippen LogP contribution in [0, 0.1) is 11.6 Å². The summed E-state index contributed by atoms with van der Waals surface area (Å²) in [6, 6.07) is 3.28. The average molecular weight is 266 g/mol. The Hall–Kier alpha value is -1.98. The fourth-order valence-electron chi connectivity index (χ4n) is 1.53. The van der Waals surface area contributed by atoms with Crippen LogP contribution in [0.2, 0.25) is 0 Å². The summed E-state index contributed by atoms with van der Waals surface area (Å²) in [5.41, 5.74) is 0.624. The Labute approximate surface area is 110 Å². The highest BCUT2D eigenvalue weighted by atomic mass is 19.1. The Morgan fingerprint density at radius 2 is 2.00 bits per heavy atom. The highest BCUT2D eigenvalue weighted by Crippen LogP contribution is 2.16. The summed E-state index contributed by atoms with van der Waals surface area (Å²) in [6.07, 6.45) is 1.78. The van der Waals surface area contributed by atoms with Crippen LogP contribution in [-0.4, -0.2) is 15.0 Å². The molecule has 1 aromatic carbocycles. The first-order chi connectivity index (χ1) is 8.86. The van der Waals surface area contributed by atoms with Crippen LogP contribution < -0.4 is 5.32 Å². The van der Waals surface area contributed by atoms with Gasteiger partial charge in [-0.3, -0.25) is 0 Å². The third-order valence-electron chi connectivity index (χ3n) is 2.62. The molecule has 0 aliphatic carbocycles. The van der Waals surface area contributed by atoms with Crippen LogP contribution in [0.15, 0.2) is 24.4 Å². The molecule has 2 rings (SSSR count). The van der Waals surface area contributed by atoms with Gasteiger partial charge >= 0.3 is 0 Å². The smallest absolute Gasteiger partial charge is 0.146 e. The van der Waals surface area contributed by atoms with Crippen molar-refractivity contribution in [3.63, 3.8) is 0 Å². The van der Waals surface area contributed by atoms with E-state index < -0.39 is 11.6 Å². The van der Waals surface area contributed by atoms with Crippen molar-refractivity contribution in [3.8, 4) is 0 Å². The molecule has 0 fully saturated rings. The van der Waals surface area contributed by atoms with Crippen LogP contribution in [0.1, 0.15) is 26.5 Å². The summed E-state index contributed by atoms with van der Waals surface area (Å²) in [7, 11) is 0. The third-order valence-corrected chi connectivity index (χ3v) is 2.62. The summed E-state index contributed by atoms with van der Waals surface area (Å²) in [5, 5.41) is 10.8. The third kappa shape index (κ3) is 3.27. The Kier molecular flexibility index (Phi) is 3.50. The molecule has 4 nitrogen and oxygen atoms in total. The Bertz CT molecular complexity index is 572. The largest absolute Gasteiger partial charge is 0.377 e. The standard InChI is InChI=1S/C13H16F2N4/c1-13(2,3)19-8-10(17-18-19)7-16-12-6-9(14)4-5-11(12)15/h4-6,8,16H,7H2,1-3H3. The number of halogens is 2. The molecule has 2 aromatic rings. The molecule has 19 heavy (non-hydrogen) atoms. The molecule has 0 aliphatic heterocycles. The lowest BCUT2D eigenvalue weighted by Gasteiger charge is -2.17. The Balaban J connectivity index is 2.06. The highest BCUT2D eigenvalue weighted by Gasteiger charge is 2.15. The van der Waals surface area contributed by atoms with Crippen molar-refractivity contribution < 1.29 is 8.78 Å². The summed E-state index contributed by atoms with van der Waals surface area (Å²) in [5.74, 6) is -0.980. The molecule has 0 atom stereocenters. The van der Waals surface area contributed by atoms with Gasteiger partial charge < -0.3 is 5.32 Å². The minimum atomic E-state index is -0.496.